The number of hydrogen-bond donors (Lipinski definition) is 1. The van der Waals surface area contributed by atoms with Gasteiger partial charge in [0, 0.05) is 13.1 Å². The minimum absolute atomic E-state index is 0.144. The molecule has 1 saturated heterocycles. The zero-order valence-electron chi connectivity index (χ0n) is 7.79. The molecule has 0 bridgehead atoms. The SMILES string of the molecule is CC(N)N1CCCN(C)CC1=O. The fourth-order valence-corrected chi connectivity index (χ4v) is 1.47. The molecule has 0 aromatic rings. The first-order valence-electron chi connectivity index (χ1n) is 4.35. The van der Waals surface area contributed by atoms with Crippen molar-refractivity contribution in [3.63, 3.8) is 0 Å². The highest BCUT2D eigenvalue weighted by Gasteiger charge is 2.21. The van der Waals surface area contributed by atoms with Gasteiger partial charge in [0.25, 0.3) is 0 Å². The molecule has 4 nitrogen and oxygen atoms in total. The summed E-state index contributed by atoms with van der Waals surface area (Å²) < 4.78 is 0. The zero-order chi connectivity index (χ0) is 9.14. The van der Waals surface area contributed by atoms with Gasteiger partial charge in [0.15, 0.2) is 0 Å². The van der Waals surface area contributed by atoms with Crippen molar-refractivity contribution in [1.29, 1.82) is 0 Å². The van der Waals surface area contributed by atoms with Gasteiger partial charge < -0.3 is 10.6 Å². The van der Waals surface area contributed by atoms with Crippen LogP contribution in [-0.2, 0) is 4.79 Å². The highest BCUT2D eigenvalue weighted by molar-refractivity contribution is 5.78. The summed E-state index contributed by atoms with van der Waals surface area (Å²) in [6.45, 7) is 4.13. The number of likely N-dealkylation sites (N-methyl/N-ethyl adjacent to an activating group) is 1. The van der Waals surface area contributed by atoms with E-state index in [2.05, 4.69) is 0 Å². The van der Waals surface area contributed by atoms with Crippen molar-refractivity contribution in [3.8, 4) is 0 Å². The van der Waals surface area contributed by atoms with Gasteiger partial charge in [-0.05, 0) is 20.4 Å². The molecule has 4 heteroatoms. The zero-order valence-corrected chi connectivity index (χ0v) is 7.79. The second-order valence-corrected chi connectivity index (χ2v) is 3.42. The van der Waals surface area contributed by atoms with Crippen LogP contribution in [0.1, 0.15) is 13.3 Å². The van der Waals surface area contributed by atoms with Crippen LogP contribution in [-0.4, -0.2) is 48.6 Å². The van der Waals surface area contributed by atoms with Crippen LogP contribution in [0.2, 0.25) is 0 Å². The van der Waals surface area contributed by atoms with Crippen molar-refractivity contribution in [2.24, 2.45) is 5.73 Å². The van der Waals surface area contributed by atoms with Crippen LogP contribution in [0.15, 0.2) is 0 Å². The molecule has 2 N–H and O–H groups in total. The van der Waals surface area contributed by atoms with Gasteiger partial charge in [-0.2, -0.15) is 0 Å². The lowest BCUT2D eigenvalue weighted by molar-refractivity contribution is -0.132. The fourth-order valence-electron chi connectivity index (χ4n) is 1.47. The highest BCUT2D eigenvalue weighted by atomic mass is 16.2. The monoisotopic (exact) mass is 171 g/mol. The Morgan fingerprint density at radius 1 is 1.50 bits per heavy atom. The van der Waals surface area contributed by atoms with Crippen molar-refractivity contribution in [1.82, 2.24) is 9.80 Å². The van der Waals surface area contributed by atoms with Gasteiger partial charge in [-0.3, -0.25) is 9.69 Å². The first kappa shape index (κ1) is 9.48. The van der Waals surface area contributed by atoms with Crippen molar-refractivity contribution < 1.29 is 4.79 Å². The van der Waals surface area contributed by atoms with E-state index < -0.39 is 0 Å². The number of carbonyl (C=O) groups is 1. The van der Waals surface area contributed by atoms with E-state index in [4.69, 9.17) is 5.73 Å². The molecule has 0 aliphatic carbocycles. The van der Waals surface area contributed by atoms with Crippen LogP contribution >= 0.6 is 0 Å². The third kappa shape index (κ3) is 2.19. The predicted molar refractivity (Wildman–Crippen MR) is 47.5 cm³/mol. The summed E-state index contributed by atoms with van der Waals surface area (Å²) in [4.78, 5) is 15.2. The van der Waals surface area contributed by atoms with Gasteiger partial charge in [0.05, 0.1) is 12.7 Å². The molecule has 0 aromatic carbocycles. The maximum atomic E-state index is 11.5. The number of amides is 1. The average Bonchev–Trinajstić information content (AvgIpc) is 2.10. The lowest BCUT2D eigenvalue weighted by atomic mass is 10.3. The van der Waals surface area contributed by atoms with E-state index in [1.165, 1.54) is 0 Å². The first-order chi connectivity index (χ1) is 5.61. The van der Waals surface area contributed by atoms with Gasteiger partial charge in [-0.15, -0.1) is 0 Å². The molecule has 70 valence electrons. The smallest absolute Gasteiger partial charge is 0.237 e. The molecule has 12 heavy (non-hydrogen) atoms. The Balaban J connectivity index is 2.58. The number of nitrogens with zero attached hydrogens (tertiary/aromatic N) is 2. The van der Waals surface area contributed by atoms with Crippen molar-refractivity contribution in [3.05, 3.63) is 0 Å². The Kier molecular flexibility index (Phi) is 3.05. The van der Waals surface area contributed by atoms with Gasteiger partial charge in [-0.25, -0.2) is 0 Å². The Hall–Kier alpha value is -0.610. The molecular weight excluding hydrogens is 154 g/mol. The molecule has 1 rings (SSSR count). The van der Waals surface area contributed by atoms with Crippen LogP contribution in [0.3, 0.4) is 0 Å². The highest BCUT2D eigenvalue weighted by Crippen LogP contribution is 2.03. The number of carbonyl (C=O) groups excluding carboxylic acids is 1. The summed E-state index contributed by atoms with van der Waals surface area (Å²) in [5.41, 5.74) is 5.66. The number of nitrogens with two attached hydrogens (primary N) is 1. The Morgan fingerprint density at radius 3 is 2.75 bits per heavy atom. The van der Waals surface area contributed by atoms with E-state index in [1.807, 2.05) is 18.9 Å². The molecule has 1 atom stereocenters. The molecule has 0 radical (unpaired) electrons. The standard InChI is InChI=1S/C8H17N3O/c1-7(9)11-5-3-4-10(2)6-8(11)12/h7H,3-6,9H2,1-2H3. The summed E-state index contributed by atoms with van der Waals surface area (Å²) in [5, 5.41) is 0. The Labute approximate surface area is 73.3 Å². The lowest BCUT2D eigenvalue weighted by Gasteiger charge is -2.24. The van der Waals surface area contributed by atoms with Gasteiger partial charge in [0.2, 0.25) is 5.91 Å². The van der Waals surface area contributed by atoms with E-state index in [9.17, 15) is 4.79 Å². The van der Waals surface area contributed by atoms with Crippen molar-refractivity contribution in [2.75, 3.05) is 26.7 Å². The molecule has 1 heterocycles. The second-order valence-electron chi connectivity index (χ2n) is 3.42. The topological polar surface area (TPSA) is 49.6 Å². The van der Waals surface area contributed by atoms with E-state index in [0.29, 0.717) is 6.54 Å². The quantitative estimate of drug-likeness (QED) is 0.576. The normalized spacial score (nSPS) is 23.9. The summed E-state index contributed by atoms with van der Waals surface area (Å²) >= 11 is 0. The number of rotatable bonds is 1. The largest absolute Gasteiger partial charge is 0.327 e. The Morgan fingerprint density at radius 2 is 2.17 bits per heavy atom. The van der Waals surface area contributed by atoms with Crippen LogP contribution < -0.4 is 5.73 Å². The first-order valence-corrected chi connectivity index (χ1v) is 4.35. The Bertz CT molecular complexity index is 170. The third-order valence-electron chi connectivity index (χ3n) is 2.16. The molecule has 1 amide bonds. The maximum absolute atomic E-state index is 11.5. The minimum Gasteiger partial charge on any atom is -0.327 e. The van der Waals surface area contributed by atoms with Gasteiger partial charge in [-0.1, -0.05) is 0 Å². The van der Waals surface area contributed by atoms with Crippen LogP contribution in [0.4, 0.5) is 0 Å². The van der Waals surface area contributed by atoms with Gasteiger partial charge >= 0.3 is 0 Å². The fraction of sp³-hybridized carbons (Fsp3) is 0.875. The molecule has 1 fully saturated rings. The average molecular weight is 171 g/mol. The van der Waals surface area contributed by atoms with E-state index in [1.54, 1.807) is 4.90 Å². The van der Waals surface area contributed by atoms with Crippen LogP contribution in [0, 0.1) is 0 Å². The summed E-state index contributed by atoms with van der Waals surface area (Å²) in [7, 11) is 1.96. The van der Waals surface area contributed by atoms with Crippen molar-refractivity contribution >= 4 is 5.91 Å². The minimum atomic E-state index is -0.149. The van der Waals surface area contributed by atoms with Crippen LogP contribution in [0.25, 0.3) is 0 Å². The summed E-state index contributed by atoms with van der Waals surface area (Å²) in [6, 6.07) is 0. The maximum Gasteiger partial charge on any atom is 0.237 e. The van der Waals surface area contributed by atoms with E-state index >= 15 is 0 Å². The van der Waals surface area contributed by atoms with Gasteiger partial charge in [0.1, 0.15) is 0 Å². The lowest BCUT2D eigenvalue weighted by Crippen LogP contribution is -2.45. The molecule has 1 aliphatic rings. The van der Waals surface area contributed by atoms with E-state index in [0.717, 1.165) is 19.5 Å². The molecule has 1 unspecified atom stereocenters. The van der Waals surface area contributed by atoms with Crippen LogP contribution in [0.5, 0.6) is 0 Å². The predicted octanol–water partition coefficient (Wildman–Crippen LogP) is -0.545. The molecule has 1 aliphatic heterocycles. The number of hydrogen-bond acceptors (Lipinski definition) is 3. The molecule has 0 aromatic heterocycles. The summed E-state index contributed by atoms with van der Waals surface area (Å²) in [5.74, 6) is 0.144. The van der Waals surface area contributed by atoms with E-state index in [-0.39, 0.29) is 12.1 Å². The molecule has 0 saturated carbocycles. The second kappa shape index (κ2) is 3.87. The molecule has 0 spiro atoms. The molecular formula is C8H17N3O. The summed E-state index contributed by atoms with van der Waals surface area (Å²) in [6.07, 6.45) is 0.869. The third-order valence-corrected chi connectivity index (χ3v) is 2.16. The van der Waals surface area contributed by atoms with Crippen molar-refractivity contribution in [2.45, 2.75) is 19.5 Å².